The van der Waals surface area contributed by atoms with Crippen LogP contribution in [0.25, 0.3) is 10.9 Å². The molecular weight excluding hydrogens is 403 g/mol. The van der Waals surface area contributed by atoms with Crippen LogP contribution in [0, 0.1) is 0 Å². The Morgan fingerprint density at radius 1 is 1.30 bits per heavy atom. The Morgan fingerprint density at radius 3 is 2.83 bits per heavy atom. The second-order valence-electron chi connectivity index (χ2n) is 5.19. The van der Waals surface area contributed by atoms with Gasteiger partial charge in [0.15, 0.2) is 5.96 Å². The van der Waals surface area contributed by atoms with Gasteiger partial charge in [-0.15, -0.1) is 24.0 Å². The molecule has 6 heteroatoms. The van der Waals surface area contributed by atoms with Gasteiger partial charge in [-0.25, -0.2) is 4.99 Å². The fraction of sp³-hybridized carbons (Fsp3) is 0.412. The molecule has 2 aromatic rings. The van der Waals surface area contributed by atoms with E-state index < -0.39 is 0 Å². The predicted molar refractivity (Wildman–Crippen MR) is 106 cm³/mol. The number of aliphatic imine (C=N–C) groups is 1. The van der Waals surface area contributed by atoms with Crippen LogP contribution in [0.3, 0.4) is 0 Å². The fourth-order valence-corrected chi connectivity index (χ4v) is 2.30. The van der Waals surface area contributed by atoms with E-state index in [1.807, 2.05) is 18.3 Å². The van der Waals surface area contributed by atoms with Crippen molar-refractivity contribution in [3.05, 3.63) is 42.1 Å². The molecule has 126 valence electrons. The quantitative estimate of drug-likeness (QED) is 0.422. The maximum atomic E-state index is 5.15. The van der Waals surface area contributed by atoms with Gasteiger partial charge in [-0.1, -0.05) is 24.3 Å². The van der Waals surface area contributed by atoms with Gasteiger partial charge < -0.3 is 15.4 Å². The molecule has 1 heterocycles. The fourth-order valence-electron chi connectivity index (χ4n) is 2.30. The molecule has 2 rings (SSSR count). The number of guanidine groups is 1. The summed E-state index contributed by atoms with van der Waals surface area (Å²) >= 11 is 0. The average Bonchev–Trinajstić information content (AvgIpc) is 2.53. The van der Waals surface area contributed by atoms with Crippen molar-refractivity contribution in [1.82, 2.24) is 15.6 Å². The number of nitrogens with one attached hydrogen (secondary N) is 2. The van der Waals surface area contributed by atoms with Crippen molar-refractivity contribution in [2.75, 3.05) is 20.3 Å². The summed E-state index contributed by atoms with van der Waals surface area (Å²) in [6.07, 6.45) is 1.82. The van der Waals surface area contributed by atoms with Crippen molar-refractivity contribution in [2.45, 2.75) is 26.4 Å². The van der Waals surface area contributed by atoms with E-state index in [1.165, 1.54) is 0 Å². The second-order valence-corrected chi connectivity index (χ2v) is 5.19. The predicted octanol–water partition coefficient (Wildman–Crippen LogP) is 2.94. The molecule has 0 amide bonds. The van der Waals surface area contributed by atoms with Crippen molar-refractivity contribution < 1.29 is 4.74 Å². The first-order valence-corrected chi connectivity index (χ1v) is 7.61. The number of rotatable bonds is 6. The van der Waals surface area contributed by atoms with Crippen LogP contribution >= 0.6 is 24.0 Å². The molecule has 0 fully saturated rings. The molecule has 0 saturated heterocycles. The highest BCUT2D eigenvalue weighted by molar-refractivity contribution is 14.0. The topological polar surface area (TPSA) is 58.5 Å². The molecule has 1 aromatic carbocycles. The highest BCUT2D eigenvalue weighted by atomic mass is 127. The molecule has 0 aliphatic heterocycles. The lowest BCUT2D eigenvalue weighted by Gasteiger charge is -2.17. The number of ether oxygens (including phenoxy) is 1. The van der Waals surface area contributed by atoms with E-state index in [1.54, 1.807) is 7.11 Å². The van der Waals surface area contributed by atoms with Crippen molar-refractivity contribution >= 4 is 40.8 Å². The van der Waals surface area contributed by atoms with Crippen molar-refractivity contribution in [3.63, 3.8) is 0 Å². The first-order chi connectivity index (χ1) is 10.7. The molecule has 23 heavy (non-hydrogen) atoms. The Morgan fingerprint density at radius 2 is 2.09 bits per heavy atom. The van der Waals surface area contributed by atoms with Gasteiger partial charge in [0.05, 0.1) is 18.7 Å². The van der Waals surface area contributed by atoms with Crippen LogP contribution in [0.15, 0.2) is 41.5 Å². The van der Waals surface area contributed by atoms with E-state index in [4.69, 9.17) is 4.74 Å². The van der Waals surface area contributed by atoms with E-state index in [0.717, 1.165) is 29.0 Å². The first kappa shape index (κ1) is 19.6. The lowest BCUT2D eigenvalue weighted by Crippen LogP contribution is -2.43. The van der Waals surface area contributed by atoms with Crippen molar-refractivity contribution in [2.24, 2.45) is 4.99 Å². The monoisotopic (exact) mass is 428 g/mol. The lowest BCUT2D eigenvalue weighted by atomic mass is 10.1. The molecular formula is C17H25IN4O. The van der Waals surface area contributed by atoms with Gasteiger partial charge in [0, 0.05) is 31.3 Å². The zero-order valence-corrected chi connectivity index (χ0v) is 16.2. The molecule has 0 spiro atoms. The highest BCUT2D eigenvalue weighted by Crippen LogP contribution is 2.16. The van der Waals surface area contributed by atoms with Gasteiger partial charge in [-0.05, 0) is 25.5 Å². The number of hydrogen-bond donors (Lipinski definition) is 2. The largest absolute Gasteiger partial charge is 0.383 e. The SMILES string of the molecule is CCNC(=NCc1cccc2cccnc12)NC(C)COC.I. The Bertz CT molecular complexity index is 628. The molecule has 0 radical (unpaired) electrons. The third-order valence-corrected chi connectivity index (χ3v) is 3.27. The molecule has 0 saturated carbocycles. The van der Waals surface area contributed by atoms with Crippen LogP contribution in [0.4, 0.5) is 0 Å². The zero-order chi connectivity index (χ0) is 15.8. The number of fused-ring (bicyclic) bond motifs is 1. The summed E-state index contributed by atoms with van der Waals surface area (Å²) in [4.78, 5) is 9.12. The van der Waals surface area contributed by atoms with Gasteiger partial charge in [-0.3, -0.25) is 4.98 Å². The van der Waals surface area contributed by atoms with Crippen LogP contribution in [0.2, 0.25) is 0 Å². The number of pyridine rings is 1. The molecule has 1 atom stereocenters. The van der Waals surface area contributed by atoms with Gasteiger partial charge in [0.2, 0.25) is 0 Å². The molecule has 0 aliphatic rings. The smallest absolute Gasteiger partial charge is 0.191 e. The molecule has 1 aromatic heterocycles. The Kier molecular flexibility index (Phi) is 8.86. The van der Waals surface area contributed by atoms with E-state index in [0.29, 0.717) is 13.2 Å². The Balaban J connectivity index is 0.00000264. The van der Waals surface area contributed by atoms with Crippen LogP contribution < -0.4 is 10.6 Å². The standard InChI is InChI=1S/C17H24N4O.HI/c1-4-18-17(21-13(2)12-22-3)20-11-15-8-5-7-14-9-6-10-19-16(14)15;/h5-10,13H,4,11-12H2,1-3H3,(H2,18,20,21);1H. The van der Waals surface area contributed by atoms with Crippen molar-refractivity contribution in [3.8, 4) is 0 Å². The summed E-state index contributed by atoms with van der Waals surface area (Å²) in [6, 6.07) is 10.4. The summed E-state index contributed by atoms with van der Waals surface area (Å²) in [6.45, 7) is 6.16. The third kappa shape index (κ3) is 5.95. The van der Waals surface area contributed by atoms with E-state index >= 15 is 0 Å². The summed E-state index contributed by atoms with van der Waals surface area (Å²) in [5.74, 6) is 0.792. The zero-order valence-electron chi connectivity index (χ0n) is 13.9. The van der Waals surface area contributed by atoms with Gasteiger partial charge in [-0.2, -0.15) is 0 Å². The minimum atomic E-state index is 0. The molecule has 0 bridgehead atoms. The van der Waals surface area contributed by atoms with Crippen LogP contribution in [-0.2, 0) is 11.3 Å². The number of hydrogen-bond acceptors (Lipinski definition) is 3. The van der Waals surface area contributed by atoms with E-state index in [9.17, 15) is 0 Å². The normalized spacial score (nSPS) is 12.6. The number of aromatic nitrogens is 1. The minimum absolute atomic E-state index is 0. The van der Waals surface area contributed by atoms with E-state index in [-0.39, 0.29) is 30.0 Å². The van der Waals surface area contributed by atoms with Crippen LogP contribution in [0.1, 0.15) is 19.4 Å². The first-order valence-electron chi connectivity index (χ1n) is 7.61. The molecule has 1 unspecified atom stereocenters. The third-order valence-electron chi connectivity index (χ3n) is 3.27. The number of halogens is 1. The van der Waals surface area contributed by atoms with Gasteiger partial charge in [0.1, 0.15) is 0 Å². The number of nitrogens with zero attached hydrogens (tertiary/aromatic N) is 2. The van der Waals surface area contributed by atoms with Gasteiger partial charge >= 0.3 is 0 Å². The highest BCUT2D eigenvalue weighted by Gasteiger charge is 2.05. The number of methoxy groups -OCH3 is 1. The van der Waals surface area contributed by atoms with Crippen molar-refractivity contribution in [1.29, 1.82) is 0 Å². The maximum Gasteiger partial charge on any atom is 0.191 e. The summed E-state index contributed by atoms with van der Waals surface area (Å²) < 4.78 is 5.15. The number of para-hydroxylation sites is 1. The minimum Gasteiger partial charge on any atom is -0.383 e. The summed E-state index contributed by atoms with van der Waals surface area (Å²) in [5.41, 5.74) is 2.13. The van der Waals surface area contributed by atoms with E-state index in [2.05, 4.69) is 52.7 Å². The van der Waals surface area contributed by atoms with Crippen LogP contribution in [-0.4, -0.2) is 37.2 Å². The lowest BCUT2D eigenvalue weighted by molar-refractivity contribution is 0.179. The summed E-state index contributed by atoms with van der Waals surface area (Å²) in [5, 5.41) is 7.72. The van der Waals surface area contributed by atoms with Crippen LogP contribution in [0.5, 0.6) is 0 Å². The van der Waals surface area contributed by atoms with Gasteiger partial charge in [0.25, 0.3) is 0 Å². The molecule has 2 N–H and O–H groups in total. The second kappa shape index (κ2) is 10.4. The Labute approximate surface area is 155 Å². The molecule has 5 nitrogen and oxygen atoms in total. The molecule has 0 aliphatic carbocycles. The number of benzene rings is 1. The summed E-state index contributed by atoms with van der Waals surface area (Å²) in [7, 11) is 1.70. The average molecular weight is 428 g/mol. The maximum absolute atomic E-state index is 5.15. The Hall–Kier alpha value is -1.41.